The molecule has 0 saturated carbocycles. The zero-order valence-corrected chi connectivity index (χ0v) is 13.7. The molecule has 1 atom stereocenters. The molecule has 0 heterocycles. The summed E-state index contributed by atoms with van der Waals surface area (Å²) in [5.41, 5.74) is 2.48. The van der Waals surface area contributed by atoms with E-state index in [-0.39, 0.29) is 10.9 Å². The summed E-state index contributed by atoms with van der Waals surface area (Å²) in [6.45, 7) is 5.44. The van der Waals surface area contributed by atoms with Gasteiger partial charge in [0, 0.05) is 6.04 Å². The molecule has 2 aromatic rings. The minimum absolute atomic E-state index is 0.103. The first-order valence-electron chi connectivity index (χ1n) is 7.21. The van der Waals surface area contributed by atoms with Crippen LogP contribution in [0.4, 0.5) is 4.39 Å². The average molecular weight is 321 g/mol. The summed E-state index contributed by atoms with van der Waals surface area (Å²) in [6, 6.07) is 11.1. The second kappa shape index (κ2) is 6.58. The van der Waals surface area contributed by atoms with E-state index in [0.717, 1.165) is 18.1 Å². The fraction of sp³-hybridized carbons (Fsp3) is 0.294. The Morgan fingerprint density at radius 1 is 1.14 bits per heavy atom. The summed E-state index contributed by atoms with van der Waals surface area (Å²) in [5.74, 6) is -0.445. The van der Waals surface area contributed by atoms with Gasteiger partial charge in [-0.25, -0.2) is 17.5 Å². The molecule has 0 aliphatic rings. The minimum Gasteiger partial charge on any atom is -0.207 e. The average Bonchev–Trinajstić information content (AvgIpc) is 2.46. The Morgan fingerprint density at radius 2 is 1.77 bits per heavy atom. The predicted octanol–water partition coefficient (Wildman–Crippen LogP) is 3.74. The van der Waals surface area contributed by atoms with E-state index in [1.165, 1.54) is 17.7 Å². The number of aryl methyl sites for hydroxylation is 2. The van der Waals surface area contributed by atoms with Gasteiger partial charge in [-0.15, -0.1) is 0 Å². The topological polar surface area (TPSA) is 46.2 Å². The van der Waals surface area contributed by atoms with Crippen molar-refractivity contribution in [3.8, 4) is 0 Å². The first kappa shape index (κ1) is 16.6. The molecule has 2 rings (SSSR count). The minimum atomic E-state index is -3.69. The Balaban J connectivity index is 2.23. The molecule has 0 bridgehead atoms. The van der Waals surface area contributed by atoms with Crippen LogP contribution in [-0.2, 0) is 16.4 Å². The number of halogens is 1. The third-order valence-electron chi connectivity index (χ3n) is 3.65. The highest BCUT2D eigenvalue weighted by Crippen LogP contribution is 2.20. The smallest absolute Gasteiger partial charge is 0.207 e. The van der Waals surface area contributed by atoms with E-state index >= 15 is 0 Å². The fourth-order valence-electron chi connectivity index (χ4n) is 2.32. The number of nitrogens with one attached hydrogen (secondary N) is 1. The molecule has 0 saturated heterocycles. The van der Waals surface area contributed by atoms with Crippen molar-refractivity contribution < 1.29 is 12.8 Å². The van der Waals surface area contributed by atoms with Crippen LogP contribution in [0.25, 0.3) is 0 Å². The van der Waals surface area contributed by atoms with Crippen molar-refractivity contribution in [2.24, 2.45) is 0 Å². The van der Waals surface area contributed by atoms with Gasteiger partial charge in [-0.2, -0.15) is 0 Å². The van der Waals surface area contributed by atoms with E-state index in [1.54, 1.807) is 13.8 Å². The molecule has 0 spiro atoms. The molecule has 0 aliphatic carbocycles. The van der Waals surface area contributed by atoms with Crippen molar-refractivity contribution in [1.29, 1.82) is 0 Å². The highest BCUT2D eigenvalue weighted by Gasteiger charge is 2.20. The SMILES string of the molecule is CCc1ccc([C@H](C)NS(=O)(=O)c2ccc(F)cc2C)cc1. The summed E-state index contributed by atoms with van der Waals surface area (Å²) in [4.78, 5) is 0.103. The van der Waals surface area contributed by atoms with Gasteiger partial charge in [-0.1, -0.05) is 31.2 Å². The Kier molecular flexibility index (Phi) is 4.98. The third kappa shape index (κ3) is 3.72. The van der Waals surface area contributed by atoms with E-state index < -0.39 is 15.8 Å². The van der Waals surface area contributed by atoms with Gasteiger partial charge in [-0.3, -0.25) is 0 Å². The van der Waals surface area contributed by atoms with Crippen LogP contribution in [-0.4, -0.2) is 8.42 Å². The Bertz CT molecular complexity index is 755. The van der Waals surface area contributed by atoms with Crippen LogP contribution in [0.15, 0.2) is 47.4 Å². The van der Waals surface area contributed by atoms with Crippen molar-refractivity contribution in [3.05, 3.63) is 65.0 Å². The maximum atomic E-state index is 13.1. The van der Waals surface area contributed by atoms with Gasteiger partial charge in [0.05, 0.1) is 4.90 Å². The van der Waals surface area contributed by atoms with E-state index in [4.69, 9.17) is 0 Å². The van der Waals surface area contributed by atoms with Crippen molar-refractivity contribution in [3.63, 3.8) is 0 Å². The second-order valence-electron chi connectivity index (χ2n) is 5.35. The summed E-state index contributed by atoms with van der Waals surface area (Å²) in [5, 5.41) is 0. The van der Waals surface area contributed by atoms with Gasteiger partial charge in [-0.05, 0) is 55.2 Å². The lowest BCUT2D eigenvalue weighted by Crippen LogP contribution is -2.27. The monoisotopic (exact) mass is 321 g/mol. The van der Waals surface area contributed by atoms with Crippen LogP contribution >= 0.6 is 0 Å². The Labute approximate surface area is 131 Å². The van der Waals surface area contributed by atoms with Crippen molar-refractivity contribution in [2.75, 3.05) is 0 Å². The molecule has 22 heavy (non-hydrogen) atoms. The molecule has 2 aromatic carbocycles. The van der Waals surface area contributed by atoms with Gasteiger partial charge >= 0.3 is 0 Å². The fourth-order valence-corrected chi connectivity index (χ4v) is 3.78. The molecule has 0 radical (unpaired) electrons. The standard InChI is InChI=1S/C17H20FNO2S/c1-4-14-5-7-15(8-6-14)13(3)19-22(20,21)17-10-9-16(18)11-12(17)2/h5-11,13,19H,4H2,1-3H3/t13-/m0/s1. The molecule has 0 aromatic heterocycles. The lowest BCUT2D eigenvalue weighted by molar-refractivity contribution is 0.565. The normalized spacial score (nSPS) is 13.1. The summed E-state index contributed by atoms with van der Waals surface area (Å²) in [7, 11) is -3.69. The number of sulfonamides is 1. The number of hydrogen-bond acceptors (Lipinski definition) is 2. The Hall–Kier alpha value is -1.72. The van der Waals surface area contributed by atoms with Gasteiger partial charge in [0.25, 0.3) is 0 Å². The van der Waals surface area contributed by atoms with Gasteiger partial charge in [0.2, 0.25) is 10.0 Å². The number of hydrogen-bond donors (Lipinski definition) is 1. The predicted molar refractivity (Wildman–Crippen MR) is 85.7 cm³/mol. The molecule has 1 N–H and O–H groups in total. The zero-order chi connectivity index (χ0) is 16.3. The van der Waals surface area contributed by atoms with Crippen LogP contribution in [0, 0.1) is 12.7 Å². The van der Waals surface area contributed by atoms with Crippen molar-refractivity contribution >= 4 is 10.0 Å². The zero-order valence-electron chi connectivity index (χ0n) is 12.9. The number of rotatable bonds is 5. The van der Waals surface area contributed by atoms with Crippen molar-refractivity contribution in [2.45, 2.75) is 38.1 Å². The summed E-state index contributed by atoms with van der Waals surface area (Å²) >= 11 is 0. The van der Waals surface area contributed by atoms with Crippen LogP contribution in [0.1, 0.15) is 36.6 Å². The first-order chi connectivity index (χ1) is 10.3. The van der Waals surface area contributed by atoms with E-state index in [9.17, 15) is 12.8 Å². The molecule has 3 nitrogen and oxygen atoms in total. The lowest BCUT2D eigenvalue weighted by Gasteiger charge is -2.16. The summed E-state index contributed by atoms with van der Waals surface area (Å²) < 4.78 is 40.6. The number of benzene rings is 2. The quantitative estimate of drug-likeness (QED) is 0.912. The molecular formula is C17H20FNO2S. The molecule has 5 heteroatoms. The molecule has 0 unspecified atom stereocenters. The maximum absolute atomic E-state index is 13.1. The van der Waals surface area contributed by atoms with E-state index in [1.807, 2.05) is 24.3 Å². The van der Waals surface area contributed by atoms with Crippen LogP contribution in [0.3, 0.4) is 0 Å². The van der Waals surface area contributed by atoms with Crippen LogP contribution in [0.5, 0.6) is 0 Å². The van der Waals surface area contributed by atoms with Crippen LogP contribution < -0.4 is 4.72 Å². The Morgan fingerprint density at radius 3 is 2.32 bits per heavy atom. The third-order valence-corrected chi connectivity index (χ3v) is 5.35. The molecule has 0 fully saturated rings. The second-order valence-corrected chi connectivity index (χ2v) is 7.03. The van der Waals surface area contributed by atoms with Crippen molar-refractivity contribution in [1.82, 2.24) is 4.72 Å². The largest absolute Gasteiger partial charge is 0.241 e. The molecular weight excluding hydrogens is 301 g/mol. The maximum Gasteiger partial charge on any atom is 0.241 e. The highest BCUT2D eigenvalue weighted by molar-refractivity contribution is 7.89. The van der Waals surface area contributed by atoms with E-state index in [2.05, 4.69) is 11.6 Å². The molecule has 0 amide bonds. The van der Waals surface area contributed by atoms with E-state index in [0.29, 0.717) is 5.56 Å². The molecule has 0 aliphatic heterocycles. The molecule has 118 valence electrons. The summed E-state index contributed by atoms with van der Waals surface area (Å²) in [6.07, 6.45) is 0.940. The lowest BCUT2D eigenvalue weighted by atomic mass is 10.1. The van der Waals surface area contributed by atoms with Crippen LogP contribution in [0.2, 0.25) is 0 Å². The van der Waals surface area contributed by atoms with Gasteiger partial charge < -0.3 is 0 Å². The highest BCUT2D eigenvalue weighted by atomic mass is 32.2. The van der Waals surface area contributed by atoms with Gasteiger partial charge in [0.15, 0.2) is 0 Å². The van der Waals surface area contributed by atoms with Gasteiger partial charge in [0.1, 0.15) is 5.82 Å². The first-order valence-corrected chi connectivity index (χ1v) is 8.69.